The first-order chi connectivity index (χ1) is 10.2. The number of rotatable bonds is 5. The molecule has 3 N–H and O–H groups in total. The number of amides is 1. The Kier molecular flexibility index (Phi) is 4.73. The number of aromatic nitrogens is 1. The van der Waals surface area contributed by atoms with Gasteiger partial charge in [0.25, 0.3) is 5.91 Å². The average Bonchev–Trinajstić information content (AvgIpc) is 2.54. The molecule has 0 bridgehead atoms. The Bertz CT molecular complexity index is 644. The Labute approximate surface area is 122 Å². The minimum Gasteiger partial charge on any atom is -0.497 e. The van der Waals surface area contributed by atoms with Crippen LogP contribution in [-0.4, -0.2) is 25.1 Å². The Balaban J connectivity index is 2.25. The number of hydrogen-bond donors (Lipinski definition) is 2. The molecule has 0 unspecified atom stereocenters. The molecule has 0 radical (unpaired) electrons. The van der Waals surface area contributed by atoms with E-state index < -0.39 is 0 Å². The average molecular weight is 287 g/mol. The maximum Gasteiger partial charge on any atom is 0.255 e. The van der Waals surface area contributed by atoms with Crippen molar-refractivity contribution < 1.29 is 14.3 Å². The third-order valence-corrected chi connectivity index (χ3v) is 2.94. The van der Waals surface area contributed by atoms with E-state index in [2.05, 4.69) is 10.3 Å². The fourth-order valence-electron chi connectivity index (χ4n) is 1.84. The van der Waals surface area contributed by atoms with Gasteiger partial charge in [-0.2, -0.15) is 0 Å². The third kappa shape index (κ3) is 3.49. The molecule has 6 nitrogen and oxygen atoms in total. The predicted molar refractivity (Wildman–Crippen MR) is 79.6 cm³/mol. The summed E-state index contributed by atoms with van der Waals surface area (Å²) >= 11 is 0. The minimum atomic E-state index is -0.265. The molecule has 1 aromatic carbocycles. The van der Waals surface area contributed by atoms with Gasteiger partial charge in [-0.25, -0.2) is 0 Å². The lowest BCUT2D eigenvalue weighted by molar-refractivity contribution is 0.102. The van der Waals surface area contributed by atoms with Crippen molar-refractivity contribution in [2.24, 2.45) is 5.73 Å². The molecule has 0 spiro atoms. The van der Waals surface area contributed by atoms with E-state index in [1.165, 1.54) is 7.11 Å². The van der Waals surface area contributed by atoms with E-state index in [1.54, 1.807) is 43.6 Å². The number of hydrogen-bond acceptors (Lipinski definition) is 5. The summed E-state index contributed by atoms with van der Waals surface area (Å²) in [7, 11) is 3.10. The number of nitrogens with two attached hydrogens (primary N) is 1. The predicted octanol–water partition coefficient (Wildman–Crippen LogP) is 1.81. The van der Waals surface area contributed by atoms with Crippen LogP contribution in [-0.2, 0) is 6.54 Å². The number of carbonyl (C=O) groups is 1. The molecular formula is C15H17N3O3. The van der Waals surface area contributed by atoms with Crippen molar-refractivity contribution in [3.8, 4) is 11.5 Å². The molecular weight excluding hydrogens is 270 g/mol. The highest BCUT2D eigenvalue weighted by Crippen LogP contribution is 2.29. The van der Waals surface area contributed by atoms with E-state index in [1.807, 2.05) is 0 Å². The zero-order chi connectivity index (χ0) is 15.2. The van der Waals surface area contributed by atoms with Crippen LogP contribution in [0.3, 0.4) is 0 Å². The van der Waals surface area contributed by atoms with E-state index in [9.17, 15) is 4.79 Å². The largest absolute Gasteiger partial charge is 0.497 e. The lowest BCUT2D eigenvalue weighted by Crippen LogP contribution is -2.14. The second kappa shape index (κ2) is 6.71. The minimum absolute atomic E-state index is 0.265. The summed E-state index contributed by atoms with van der Waals surface area (Å²) in [5, 5.41) is 2.79. The lowest BCUT2D eigenvalue weighted by Gasteiger charge is -2.12. The quantitative estimate of drug-likeness (QED) is 0.875. The van der Waals surface area contributed by atoms with Gasteiger partial charge in [-0.15, -0.1) is 0 Å². The number of nitrogens with one attached hydrogen (secondary N) is 1. The van der Waals surface area contributed by atoms with Crippen molar-refractivity contribution in [1.29, 1.82) is 0 Å². The van der Waals surface area contributed by atoms with Crippen molar-refractivity contribution >= 4 is 11.6 Å². The topological polar surface area (TPSA) is 86.5 Å². The Morgan fingerprint density at radius 3 is 2.71 bits per heavy atom. The summed E-state index contributed by atoms with van der Waals surface area (Å²) in [5.74, 6) is 0.916. The molecule has 0 aliphatic carbocycles. The molecule has 0 aliphatic heterocycles. The van der Waals surface area contributed by atoms with Crippen LogP contribution >= 0.6 is 0 Å². The van der Waals surface area contributed by atoms with Crippen LogP contribution in [0.4, 0.5) is 5.69 Å². The van der Waals surface area contributed by atoms with Crippen LogP contribution in [0.25, 0.3) is 0 Å². The van der Waals surface area contributed by atoms with Gasteiger partial charge in [-0.1, -0.05) is 0 Å². The van der Waals surface area contributed by atoms with Crippen LogP contribution in [0.15, 0.2) is 36.5 Å². The number of methoxy groups -OCH3 is 2. The van der Waals surface area contributed by atoms with Gasteiger partial charge in [0.1, 0.15) is 11.5 Å². The molecule has 1 amide bonds. The second-order valence-electron chi connectivity index (χ2n) is 4.26. The first-order valence-corrected chi connectivity index (χ1v) is 6.36. The number of benzene rings is 1. The summed E-state index contributed by atoms with van der Waals surface area (Å²) in [4.78, 5) is 16.3. The summed E-state index contributed by atoms with van der Waals surface area (Å²) in [5.41, 5.74) is 7.19. The van der Waals surface area contributed by atoms with Gasteiger partial charge in [0.05, 0.1) is 25.6 Å². The van der Waals surface area contributed by atoms with Gasteiger partial charge in [-0.05, 0) is 24.3 Å². The van der Waals surface area contributed by atoms with Gasteiger partial charge in [0.2, 0.25) is 0 Å². The van der Waals surface area contributed by atoms with Gasteiger partial charge >= 0.3 is 0 Å². The van der Waals surface area contributed by atoms with Gasteiger partial charge in [0, 0.05) is 24.4 Å². The number of ether oxygens (including phenoxy) is 2. The first-order valence-electron chi connectivity index (χ1n) is 6.36. The van der Waals surface area contributed by atoms with E-state index in [4.69, 9.17) is 15.2 Å². The van der Waals surface area contributed by atoms with Crippen molar-refractivity contribution in [2.45, 2.75) is 6.54 Å². The summed E-state index contributed by atoms with van der Waals surface area (Å²) in [6, 6.07) is 8.46. The first kappa shape index (κ1) is 14.8. The van der Waals surface area contributed by atoms with Crippen LogP contribution in [0, 0.1) is 0 Å². The van der Waals surface area contributed by atoms with Crippen molar-refractivity contribution in [3.63, 3.8) is 0 Å². The summed E-state index contributed by atoms with van der Waals surface area (Å²) in [6.07, 6.45) is 1.56. The number of pyridine rings is 1. The molecule has 0 fully saturated rings. The smallest absolute Gasteiger partial charge is 0.255 e. The SMILES string of the molecule is COc1ccc(OC)c(NC(=O)c2ccnc(CN)c2)c1. The van der Waals surface area contributed by atoms with E-state index >= 15 is 0 Å². The molecule has 6 heteroatoms. The maximum absolute atomic E-state index is 12.3. The van der Waals surface area contributed by atoms with Crippen molar-refractivity contribution in [3.05, 3.63) is 47.8 Å². The van der Waals surface area contributed by atoms with E-state index in [0.717, 1.165) is 0 Å². The molecule has 0 aliphatic rings. The molecule has 2 rings (SSSR count). The lowest BCUT2D eigenvalue weighted by atomic mass is 10.2. The molecule has 1 aromatic heterocycles. The van der Waals surface area contributed by atoms with Crippen molar-refractivity contribution in [1.82, 2.24) is 4.98 Å². The van der Waals surface area contributed by atoms with E-state index in [0.29, 0.717) is 28.4 Å². The molecule has 110 valence electrons. The van der Waals surface area contributed by atoms with Crippen LogP contribution in [0.2, 0.25) is 0 Å². The molecule has 1 heterocycles. The van der Waals surface area contributed by atoms with E-state index in [-0.39, 0.29) is 12.5 Å². The van der Waals surface area contributed by atoms with Crippen LogP contribution < -0.4 is 20.5 Å². The van der Waals surface area contributed by atoms with Crippen LogP contribution in [0.1, 0.15) is 16.1 Å². The highest BCUT2D eigenvalue weighted by molar-refractivity contribution is 6.05. The van der Waals surface area contributed by atoms with Gasteiger partial charge in [0.15, 0.2) is 0 Å². The maximum atomic E-state index is 12.3. The highest BCUT2D eigenvalue weighted by atomic mass is 16.5. The Hall–Kier alpha value is -2.60. The second-order valence-corrected chi connectivity index (χ2v) is 4.26. The highest BCUT2D eigenvalue weighted by Gasteiger charge is 2.11. The normalized spacial score (nSPS) is 10.0. The Morgan fingerprint density at radius 1 is 1.24 bits per heavy atom. The molecule has 0 atom stereocenters. The zero-order valence-corrected chi connectivity index (χ0v) is 11.9. The van der Waals surface area contributed by atoms with Gasteiger partial charge in [-0.3, -0.25) is 9.78 Å². The fourth-order valence-corrected chi connectivity index (χ4v) is 1.84. The number of anilines is 1. The summed E-state index contributed by atoms with van der Waals surface area (Å²) in [6.45, 7) is 0.281. The molecule has 21 heavy (non-hydrogen) atoms. The molecule has 0 saturated heterocycles. The summed E-state index contributed by atoms with van der Waals surface area (Å²) < 4.78 is 10.4. The molecule has 0 saturated carbocycles. The zero-order valence-electron chi connectivity index (χ0n) is 11.9. The number of carbonyl (C=O) groups excluding carboxylic acids is 1. The van der Waals surface area contributed by atoms with Gasteiger partial charge < -0.3 is 20.5 Å². The van der Waals surface area contributed by atoms with Crippen LogP contribution in [0.5, 0.6) is 11.5 Å². The van der Waals surface area contributed by atoms with Crippen molar-refractivity contribution in [2.75, 3.05) is 19.5 Å². The third-order valence-electron chi connectivity index (χ3n) is 2.94. The molecule has 2 aromatic rings. The Morgan fingerprint density at radius 2 is 2.05 bits per heavy atom. The number of nitrogens with zero attached hydrogens (tertiary/aromatic N) is 1. The monoisotopic (exact) mass is 287 g/mol. The fraction of sp³-hybridized carbons (Fsp3) is 0.200. The standard InChI is InChI=1S/C15H17N3O3/c1-20-12-3-4-14(21-2)13(8-12)18-15(19)10-5-6-17-11(7-10)9-16/h3-8H,9,16H2,1-2H3,(H,18,19).